The van der Waals surface area contributed by atoms with Crippen molar-refractivity contribution >= 4 is 38.2 Å². The third-order valence-corrected chi connectivity index (χ3v) is 3.62. The minimum absolute atomic E-state index is 0.233. The first kappa shape index (κ1) is 11.5. The maximum absolute atomic E-state index is 10.3. The largest absolute Gasteiger partial charge is 0.481 e. The SMILES string of the molecule is CN(CCCC(=O)O)c1cc(Br)cs1. The van der Waals surface area contributed by atoms with Crippen LogP contribution in [0.3, 0.4) is 0 Å². The van der Waals surface area contributed by atoms with Crippen LogP contribution in [0.15, 0.2) is 15.9 Å². The molecule has 78 valence electrons. The van der Waals surface area contributed by atoms with Crippen molar-refractivity contribution in [2.45, 2.75) is 12.8 Å². The lowest BCUT2D eigenvalue weighted by Crippen LogP contribution is -2.17. The van der Waals surface area contributed by atoms with Crippen LogP contribution in [0.5, 0.6) is 0 Å². The first-order chi connectivity index (χ1) is 6.59. The molecule has 0 saturated carbocycles. The van der Waals surface area contributed by atoms with Gasteiger partial charge in [-0.3, -0.25) is 4.79 Å². The fourth-order valence-electron chi connectivity index (χ4n) is 1.08. The second-order valence-electron chi connectivity index (χ2n) is 3.02. The van der Waals surface area contributed by atoms with Crippen molar-refractivity contribution in [2.75, 3.05) is 18.5 Å². The summed E-state index contributed by atoms with van der Waals surface area (Å²) in [6, 6.07) is 2.03. The third-order valence-electron chi connectivity index (χ3n) is 1.81. The van der Waals surface area contributed by atoms with Crippen LogP contribution in [0.25, 0.3) is 0 Å². The molecule has 3 nitrogen and oxygen atoms in total. The number of thiophene rings is 1. The molecular weight excluding hydrogens is 266 g/mol. The van der Waals surface area contributed by atoms with Gasteiger partial charge in [0.1, 0.15) is 0 Å². The summed E-state index contributed by atoms with van der Waals surface area (Å²) in [5, 5.41) is 11.6. The van der Waals surface area contributed by atoms with Crippen molar-refractivity contribution < 1.29 is 9.90 Å². The number of carboxylic acids is 1. The summed E-state index contributed by atoms with van der Waals surface area (Å²) >= 11 is 5.03. The van der Waals surface area contributed by atoms with E-state index in [1.54, 1.807) is 11.3 Å². The highest BCUT2D eigenvalue weighted by Crippen LogP contribution is 2.27. The van der Waals surface area contributed by atoms with Crippen LogP contribution >= 0.6 is 27.3 Å². The van der Waals surface area contributed by atoms with Gasteiger partial charge >= 0.3 is 5.97 Å². The van der Waals surface area contributed by atoms with Gasteiger partial charge in [0, 0.05) is 29.9 Å². The van der Waals surface area contributed by atoms with Crippen molar-refractivity contribution in [2.24, 2.45) is 0 Å². The number of hydrogen-bond acceptors (Lipinski definition) is 3. The predicted molar refractivity (Wildman–Crippen MR) is 62.2 cm³/mol. The molecule has 1 heterocycles. The van der Waals surface area contributed by atoms with Gasteiger partial charge in [-0.25, -0.2) is 0 Å². The van der Waals surface area contributed by atoms with E-state index in [2.05, 4.69) is 20.8 Å². The Morgan fingerprint density at radius 2 is 2.43 bits per heavy atom. The summed E-state index contributed by atoms with van der Waals surface area (Å²) in [5.74, 6) is -0.731. The lowest BCUT2D eigenvalue weighted by atomic mass is 10.3. The summed E-state index contributed by atoms with van der Waals surface area (Å²) < 4.78 is 1.07. The summed E-state index contributed by atoms with van der Waals surface area (Å²) in [7, 11) is 1.97. The Balaban J connectivity index is 2.35. The molecular formula is C9H12BrNO2S. The van der Waals surface area contributed by atoms with E-state index in [4.69, 9.17) is 5.11 Å². The summed E-state index contributed by atoms with van der Waals surface area (Å²) in [6.07, 6.45) is 0.915. The molecule has 0 atom stereocenters. The Labute approximate surface area is 95.5 Å². The Kier molecular flexibility index (Phi) is 4.41. The number of rotatable bonds is 5. The molecule has 1 aromatic heterocycles. The van der Waals surface area contributed by atoms with Crippen molar-refractivity contribution in [1.82, 2.24) is 0 Å². The normalized spacial score (nSPS) is 10.1. The molecule has 1 N–H and O–H groups in total. The Morgan fingerprint density at radius 3 is 2.93 bits per heavy atom. The van der Waals surface area contributed by atoms with Gasteiger partial charge in [-0.05, 0) is 28.4 Å². The molecule has 1 rings (SSSR count). The minimum Gasteiger partial charge on any atom is -0.481 e. The molecule has 0 spiro atoms. The van der Waals surface area contributed by atoms with Crippen molar-refractivity contribution in [3.05, 3.63) is 15.9 Å². The van der Waals surface area contributed by atoms with E-state index in [0.717, 1.165) is 16.0 Å². The molecule has 0 fully saturated rings. The molecule has 0 aliphatic rings. The molecule has 1 aromatic rings. The van der Waals surface area contributed by atoms with Crippen molar-refractivity contribution in [3.63, 3.8) is 0 Å². The average Bonchev–Trinajstić information content (AvgIpc) is 2.51. The number of anilines is 1. The molecule has 0 radical (unpaired) electrons. The molecule has 14 heavy (non-hydrogen) atoms. The minimum atomic E-state index is -0.731. The van der Waals surface area contributed by atoms with E-state index in [9.17, 15) is 4.79 Å². The number of aliphatic carboxylic acids is 1. The van der Waals surface area contributed by atoms with E-state index in [1.807, 2.05) is 18.5 Å². The van der Waals surface area contributed by atoms with E-state index in [1.165, 1.54) is 0 Å². The quantitative estimate of drug-likeness (QED) is 0.900. The zero-order valence-corrected chi connectivity index (χ0v) is 10.3. The van der Waals surface area contributed by atoms with E-state index in [-0.39, 0.29) is 6.42 Å². The zero-order valence-electron chi connectivity index (χ0n) is 7.86. The Bertz CT molecular complexity index is 314. The van der Waals surface area contributed by atoms with Gasteiger partial charge in [-0.1, -0.05) is 0 Å². The highest BCUT2D eigenvalue weighted by atomic mass is 79.9. The maximum atomic E-state index is 10.3. The topological polar surface area (TPSA) is 40.5 Å². The fourth-order valence-corrected chi connectivity index (χ4v) is 2.50. The highest BCUT2D eigenvalue weighted by Gasteiger charge is 2.04. The molecule has 0 aromatic carbocycles. The van der Waals surface area contributed by atoms with Crippen LogP contribution in [-0.2, 0) is 4.79 Å². The van der Waals surface area contributed by atoms with E-state index in [0.29, 0.717) is 6.42 Å². The molecule has 0 amide bonds. The second kappa shape index (κ2) is 5.36. The number of nitrogens with zero attached hydrogens (tertiary/aromatic N) is 1. The van der Waals surface area contributed by atoms with Gasteiger partial charge in [0.15, 0.2) is 0 Å². The first-order valence-electron chi connectivity index (χ1n) is 4.26. The van der Waals surface area contributed by atoms with Gasteiger partial charge in [-0.2, -0.15) is 0 Å². The van der Waals surface area contributed by atoms with E-state index >= 15 is 0 Å². The Hall–Kier alpha value is -0.550. The van der Waals surface area contributed by atoms with Crippen LogP contribution < -0.4 is 4.90 Å². The molecule has 0 aliphatic carbocycles. The van der Waals surface area contributed by atoms with E-state index < -0.39 is 5.97 Å². The molecule has 5 heteroatoms. The average molecular weight is 278 g/mol. The second-order valence-corrected chi connectivity index (χ2v) is 4.83. The number of carboxylic acid groups (broad SMARTS) is 1. The summed E-state index contributed by atoms with van der Waals surface area (Å²) in [4.78, 5) is 12.4. The number of hydrogen-bond donors (Lipinski definition) is 1. The molecule has 0 saturated heterocycles. The lowest BCUT2D eigenvalue weighted by Gasteiger charge is -2.15. The Morgan fingerprint density at radius 1 is 1.71 bits per heavy atom. The third kappa shape index (κ3) is 3.67. The number of halogens is 1. The summed E-state index contributed by atoms with van der Waals surface area (Å²) in [6.45, 7) is 0.777. The standard InChI is InChI=1S/C9H12BrNO2S/c1-11(4-2-3-9(12)13)8-5-7(10)6-14-8/h5-6H,2-4H2,1H3,(H,12,13). The molecule has 0 bridgehead atoms. The van der Waals surface area contributed by atoms with Gasteiger partial charge in [-0.15, -0.1) is 11.3 Å². The predicted octanol–water partition coefficient (Wildman–Crippen LogP) is 2.81. The lowest BCUT2D eigenvalue weighted by molar-refractivity contribution is -0.137. The van der Waals surface area contributed by atoms with Crippen LogP contribution in [0.1, 0.15) is 12.8 Å². The molecule has 0 aliphatic heterocycles. The first-order valence-corrected chi connectivity index (χ1v) is 5.94. The van der Waals surface area contributed by atoms with Gasteiger partial charge in [0.05, 0.1) is 5.00 Å². The number of carbonyl (C=O) groups is 1. The van der Waals surface area contributed by atoms with Crippen molar-refractivity contribution in [1.29, 1.82) is 0 Å². The van der Waals surface area contributed by atoms with Crippen LogP contribution in [0.2, 0.25) is 0 Å². The maximum Gasteiger partial charge on any atom is 0.303 e. The fraction of sp³-hybridized carbons (Fsp3) is 0.444. The zero-order chi connectivity index (χ0) is 10.6. The smallest absolute Gasteiger partial charge is 0.303 e. The van der Waals surface area contributed by atoms with Crippen LogP contribution in [-0.4, -0.2) is 24.7 Å². The van der Waals surface area contributed by atoms with Crippen LogP contribution in [0, 0.1) is 0 Å². The van der Waals surface area contributed by atoms with Gasteiger partial charge < -0.3 is 10.0 Å². The monoisotopic (exact) mass is 277 g/mol. The molecule has 0 unspecified atom stereocenters. The highest BCUT2D eigenvalue weighted by molar-refractivity contribution is 9.10. The summed E-state index contributed by atoms with van der Waals surface area (Å²) in [5.41, 5.74) is 0. The van der Waals surface area contributed by atoms with Gasteiger partial charge in [0.2, 0.25) is 0 Å². The van der Waals surface area contributed by atoms with Crippen molar-refractivity contribution in [3.8, 4) is 0 Å². The van der Waals surface area contributed by atoms with Crippen LogP contribution in [0.4, 0.5) is 5.00 Å². The van der Waals surface area contributed by atoms with Gasteiger partial charge in [0.25, 0.3) is 0 Å².